The molecule has 0 aliphatic heterocycles. The van der Waals surface area contributed by atoms with Crippen molar-refractivity contribution in [2.45, 2.75) is 39.0 Å². The van der Waals surface area contributed by atoms with Gasteiger partial charge >= 0.3 is 0 Å². The van der Waals surface area contributed by atoms with E-state index in [2.05, 4.69) is 28.8 Å². The van der Waals surface area contributed by atoms with Gasteiger partial charge in [0.05, 0.1) is 0 Å². The van der Waals surface area contributed by atoms with Crippen LogP contribution in [-0.4, -0.2) is 25.6 Å². The Balaban J connectivity index is 0. The lowest BCUT2D eigenvalue weighted by Gasteiger charge is -2.12. The fourth-order valence-electron chi connectivity index (χ4n) is 0.819. The summed E-state index contributed by atoms with van der Waals surface area (Å²) in [5.74, 6) is 5.66. The van der Waals surface area contributed by atoms with Crippen LogP contribution in [0.25, 0.3) is 0 Å². The summed E-state index contributed by atoms with van der Waals surface area (Å²) in [6.07, 6.45) is 2.12. The Morgan fingerprint density at radius 2 is 2.13 bits per heavy atom. The van der Waals surface area contributed by atoms with E-state index in [0.717, 1.165) is 19.4 Å². The normalized spacial score (nSPS) is 10.7. The number of thiol groups is 1. The molecule has 2 nitrogen and oxygen atoms in total. The molecule has 1 N–H and O–H groups in total. The van der Waals surface area contributed by atoms with Gasteiger partial charge in [-0.3, -0.25) is 0 Å². The van der Waals surface area contributed by atoms with Crippen molar-refractivity contribution in [3.8, 4) is 11.8 Å². The van der Waals surface area contributed by atoms with Gasteiger partial charge in [0, 0.05) is 0 Å². The van der Waals surface area contributed by atoms with Crippen molar-refractivity contribution in [1.29, 1.82) is 0 Å². The first-order chi connectivity index (χ1) is 7.35. The number of hydrogen-bond donors (Lipinski definition) is 2. The Bertz CT molecular complexity index is 166. The van der Waals surface area contributed by atoms with Crippen LogP contribution in [0.2, 0.25) is 0 Å². The van der Waals surface area contributed by atoms with Crippen molar-refractivity contribution in [3.05, 3.63) is 0 Å². The average Bonchev–Trinajstić information content (AvgIpc) is 2.30. The van der Waals surface area contributed by atoms with Crippen molar-refractivity contribution in [3.63, 3.8) is 0 Å². The van der Waals surface area contributed by atoms with E-state index >= 15 is 0 Å². The lowest BCUT2D eigenvalue weighted by Crippen LogP contribution is -2.13. The molecule has 4 heteroatoms. The third-order valence-corrected chi connectivity index (χ3v) is 2.81. The van der Waals surface area contributed by atoms with Crippen LogP contribution in [0.4, 0.5) is 0 Å². The number of hydrogen-bond acceptors (Lipinski definition) is 4. The molecule has 0 rings (SSSR count). The zero-order chi connectivity index (χ0) is 11.9. The molecule has 90 valence electrons. The smallest absolute Gasteiger partial charge is 0.114 e. The minimum absolute atomic E-state index is 0.164. The van der Waals surface area contributed by atoms with E-state index in [0.29, 0.717) is 6.61 Å². The SMILES string of the molecule is CC.CC#CCOC(CCCNC)SS. The zero-order valence-electron chi connectivity index (χ0n) is 10.2. The third-order valence-electron chi connectivity index (χ3n) is 1.50. The largest absolute Gasteiger partial charge is 0.354 e. The highest BCUT2D eigenvalue weighted by Gasteiger charge is 2.05. The van der Waals surface area contributed by atoms with Crippen molar-refractivity contribution >= 4 is 22.5 Å². The van der Waals surface area contributed by atoms with Crippen LogP contribution >= 0.6 is 22.5 Å². The molecule has 0 radical (unpaired) electrons. The molecular formula is C11H23NOS2. The van der Waals surface area contributed by atoms with Gasteiger partial charge in [0.25, 0.3) is 0 Å². The topological polar surface area (TPSA) is 21.3 Å². The third kappa shape index (κ3) is 14.2. The van der Waals surface area contributed by atoms with E-state index in [1.807, 2.05) is 27.8 Å². The van der Waals surface area contributed by atoms with Gasteiger partial charge in [0.2, 0.25) is 0 Å². The van der Waals surface area contributed by atoms with Gasteiger partial charge in [-0.15, -0.1) is 17.6 Å². The Morgan fingerprint density at radius 1 is 1.47 bits per heavy atom. The molecule has 0 amide bonds. The van der Waals surface area contributed by atoms with E-state index in [-0.39, 0.29) is 5.44 Å². The van der Waals surface area contributed by atoms with E-state index < -0.39 is 0 Å². The molecule has 0 aromatic heterocycles. The molecule has 0 heterocycles. The summed E-state index contributed by atoms with van der Waals surface area (Å²) in [6, 6.07) is 0. The predicted molar refractivity (Wildman–Crippen MR) is 74.3 cm³/mol. The van der Waals surface area contributed by atoms with E-state index in [1.54, 1.807) is 0 Å². The van der Waals surface area contributed by atoms with Crippen molar-refractivity contribution in [1.82, 2.24) is 5.32 Å². The molecule has 0 fully saturated rings. The van der Waals surface area contributed by atoms with Gasteiger partial charge < -0.3 is 10.1 Å². The molecule has 1 unspecified atom stereocenters. The Labute approximate surface area is 104 Å². The predicted octanol–water partition coefficient (Wildman–Crippen LogP) is 2.96. The fourth-order valence-corrected chi connectivity index (χ4v) is 1.72. The fraction of sp³-hybridized carbons (Fsp3) is 0.818. The maximum absolute atomic E-state index is 5.46. The van der Waals surface area contributed by atoms with Crippen LogP contribution in [0.1, 0.15) is 33.6 Å². The second-order valence-electron chi connectivity index (χ2n) is 2.52. The molecule has 0 aliphatic rings. The van der Waals surface area contributed by atoms with E-state index in [9.17, 15) is 0 Å². The van der Waals surface area contributed by atoms with Crippen LogP contribution in [0.15, 0.2) is 0 Å². The van der Waals surface area contributed by atoms with Crippen LogP contribution in [-0.2, 0) is 4.74 Å². The number of nitrogens with one attached hydrogen (secondary N) is 1. The average molecular weight is 249 g/mol. The Hall–Kier alpha value is 0.180. The maximum atomic E-state index is 5.46. The van der Waals surface area contributed by atoms with Gasteiger partial charge in [-0.1, -0.05) is 30.6 Å². The minimum atomic E-state index is 0.164. The first kappa shape index (κ1) is 17.6. The monoisotopic (exact) mass is 249 g/mol. The highest BCUT2D eigenvalue weighted by atomic mass is 33.1. The molecular weight excluding hydrogens is 226 g/mol. The van der Waals surface area contributed by atoms with Crippen LogP contribution in [0, 0.1) is 11.8 Å². The first-order valence-electron chi connectivity index (χ1n) is 5.31. The van der Waals surface area contributed by atoms with Gasteiger partial charge in [-0.2, -0.15) is 0 Å². The molecule has 0 aromatic rings. The molecule has 0 saturated carbocycles. The molecule has 0 bridgehead atoms. The first-order valence-corrected chi connectivity index (χ1v) is 7.24. The van der Waals surface area contributed by atoms with Gasteiger partial charge in [-0.05, 0) is 33.4 Å². The van der Waals surface area contributed by atoms with Crippen LogP contribution in [0.5, 0.6) is 0 Å². The summed E-state index contributed by atoms with van der Waals surface area (Å²) in [5.41, 5.74) is 0.164. The van der Waals surface area contributed by atoms with E-state index in [4.69, 9.17) is 4.74 Å². The van der Waals surface area contributed by atoms with Crippen LogP contribution < -0.4 is 5.32 Å². The summed E-state index contributed by atoms with van der Waals surface area (Å²) in [5, 5.41) is 3.10. The summed E-state index contributed by atoms with van der Waals surface area (Å²) >= 11 is 4.14. The summed E-state index contributed by atoms with van der Waals surface area (Å²) < 4.78 is 5.46. The van der Waals surface area contributed by atoms with E-state index in [1.165, 1.54) is 10.8 Å². The minimum Gasteiger partial charge on any atom is -0.354 e. The molecule has 0 aliphatic carbocycles. The maximum Gasteiger partial charge on any atom is 0.114 e. The second-order valence-corrected chi connectivity index (χ2v) is 3.89. The van der Waals surface area contributed by atoms with Crippen LogP contribution in [0.3, 0.4) is 0 Å². The molecule has 0 spiro atoms. The zero-order valence-corrected chi connectivity index (χ0v) is 11.9. The summed E-state index contributed by atoms with van der Waals surface area (Å²) in [6.45, 7) is 7.34. The molecule has 1 atom stereocenters. The summed E-state index contributed by atoms with van der Waals surface area (Å²) in [4.78, 5) is 0. The lowest BCUT2D eigenvalue weighted by atomic mass is 10.3. The highest BCUT2D eigenvalue weighted by molar-refractivity contribution is 8.68. The van der Waals surface area contributed by atoms with Crippen molar-refractivity contribution in [2.24, 2.45) is 0 Å². The van der Waals surface area contributed by atoms with Gasteiger partial charge in [0.1, 0.15) is 12.0 Å². The standard InChI is InChI=1S/C9H17NOS2.C2H6/c1-3-4-8-11-9(13-12)6-5-7-10-2;1-2/h9-10,12H,5-8H2,1-2H3;1-2H3. The highest BCUT2D eigenvalue weighted by Crippen LogP contribution is 2.20. The van der Waals surface area contributed by atoms with Gasteiger partial charge in [-0.25, -0.2) is 0 Å². The second kappa shape index (κ2) is 16.6. The Morgan fingerprint density at radius 3 is 2.60 bits per heavy atom. The summed E-state index contributed by atoms with van der Waals surface area (Å²) in [7, 11) is 3.40. The molecule has 0 saturated heterocycles. The number of rotatable bonds is 7. The lowest BCUT2D eigenvalue weighted by molar-refractivity contribution is 0.136. The quantitative estimate of drug-likeness (QED) is 0.238. The van der Waals surface area contributed by atoms with Crippen molar-refractivity contribution in [2.75, 3.05) is 20.2 Å². The van der Waals surface area contributed by atoms with Gasteiger partial charge in [0.15, 0.2) is 0 Å². The Kier molecular flexibility index (Phi) is 19.4. The molecule has 15 heavy (non-hydrogen) atoms. The number of ether oxygens (including phenoxy) is 1. The molecule has 0 aromatic carbocycles. The van der Waals surface area contributed by atoms with Crippen molar-refractivity contribution < 1.29 is 4.74 Å².